The molecule has 0 radical (unpaired) electrons. The third kappa shape index (κ3) is 9.10. The van der Waals surface area contributed by atoms with E-state index in [0.717, 1.165) is 24.7 Å². The summed E-state index contributed by atoms with van der Waals surface area (Å²) in [5, 5.41) is 0. The van der Waals surface area contributed by atoms with Crippen molar-refractivity contribution in [3.63, 3.8) is 0 Å². The Kier molecular flexibility index (Phi) is 11.9. The molecule has 28 heavy (non-hydrogen) atoms. The fourth-order valence-electron chi connectivity index (χ4n) is 4.90. The molecule has 1 atom stereocenters. The molecule has 1 fully saturated rings. The summed E-state index contributed by atoms with van der Waals surface area (Å²) in [7, 11) is 0. The van der Waals surface area contributed by atoms with E-state index in [2.05, 4.69) is 38.1 Å². The highest BCUT2D eigenvalue weighted by Gasteiger charge is 2.22. The first-order valence-corrected chi connectivity index (χ1v) is 12.5. The van der Waals surface area contributed by atoms with Gasteiger partial charge in [-0.15, -0.1) is 0 Å². The van der Waals surface area contributed by atoms with Crippen LogP contribution in [0, 0.1) is 5.92 Å². The minimum absolute atomic E-state index is 0.594. The first-order valence-electron chi connectivity index (χ1n) is 12.5. The zero-order valence-electron chi connectivity index (χ0n) is 18.7. The standard InChI is InChI=1S/C27H45F/c1-3-5-7-9-10-12-23-14-18-25(19-15-23)26-20-16-24(17-21-26)22-27(28)13-11-8-6-4-2/h16-17,20-21,23,25,27H,3-15,18-19,22H2,1-2H3. The lowest BCUT2D eigenvalue weighted by molar-refractivity contribution is 0.300. The maximum atomic E-state index is 14.2. The van der Waals surface area contributed by atoms with E-state index in [9.17, 15) is 4.39 Å². The minimum Gasteiger partial charge on any atom is -0.247 e. The molecule has 0 bridgehead atoms. The Bertz CT molecular complexity index is 483. The van der Waals surface area contributed by atoms with Gasteiger partial charge in [0.05, 0.1) is 0 Å². The molecule has 0 saturated heterocycles. The smallest absolute Gasteiger partial charge is 0.104 e. The Morgan fingerprint density at radius 3 is 2.04 bits per heavy atom. The van der Waals surface area contributed by atoms with Crippen molar-refractivity contribution in [2.75, 3.05) is 0 Å². The largest absolute Gasteiger partial charge is 0.247 e. The molecule has 0 spiro atoms. The molecular formula is C27H45F. The van der Waals surface area contributed by atoms with Crippen LogP contribution in [0.1, 0.15) is 127 Å². The number of unbranched alkanes of at least 4 members (excludes halogenated alkanes) is 7. The predicted molar refractivity (Wildman–Crippen MR) is 122 cm³/mol. The van der Waals surface area contributed by atoms with Gasteiger partial charge < -0.3 is 0 Å². The van der Waals surface area contributed by atoms with Crippen molar-refractivity contribution in [3.05, 3.63) is 35.4 Å². The van der Waals surface area contributed by atoms with Crippen LogP contribution in [0.5, 0.6) is 0 Å². The van der Waals surface area contributed by atoms with E-state index in [4.69, 9.17) is 0 Å². The molecule has 1 aromatic rings. The van der Waals surface area contributed by atoms with Gasteiger partial charge >= 0.3 is 0 Å². The maximum Gasteiger partial charge on any atom is 0.104 e. The molecule has 0 amide bonds. The highest BCUT2D eigenvalue weighted by atomic mass is 19.1. The molecule has 0 heterocycles. The molecule has 1 heteroatoms. The van der Waals surface area contributed by atoms with Crippen LogP contribution < -0.4 is 0 Å². The summed E-state index contributed by atoms with van der Waals surface area (Å²) < 4.78 is 14.2. The average molecular weight is 389 g/mol. The number of benzene rings is 1. The van der Waals surface area contributed by atoms with Crippen LogP contribution in [0.4, 0.5) is 4.39 Å². The molecular weight excluding hydrogens is 343 g/mol. The first kappa shape index (κ1) is 23.4. The third-order valence-electron chi connectivity index (χ3n) is 6.84. The monoisotopic (exact) mass is 388 g/mol. The van der Waals surface area contributed by atoms with Gasteiger partial charge in [-0.25, -0.2) is 4.39 Å². The zero-order valence-corrected chi connectivity index (χ0v) is 18.7. The summed E-state index contributed by atoms with van der Waals surface area (Å²) in [5.74, 6) is 1.71. The summed E-state index contributed by atoms with van der Waals surface area (Å²) >= 11 is 0. The van der Waals surface area contributed by atoms with E-state index >= 15 is 0 Å². The SMILES string of the molecule is CCCCCCCC1CCC(c2ccc(CC(F)CCCCCC)cc2)CC1. The van der Waals surface area contributed by atoms with Crippen LogP contribution in [0.15, 0.2) is 24.3 Å². The van der Waals surface area contributed by atoms with Gasteiger partial charge in [-0.2, -0.15) is 0 Å². The van der Waals surface area contributed by atoms with Crippen molar-refractivity contribution in [1.29, 1.82) is 0 Å². The number of alkyl halides is 1. The Hall–Kier alpha value is -0.850. The Balaban J connectivity index is 1.65. The second-order valence-corrected chi connectivity index (χ2v) is 9.31. The summed E-state index contributed by atoms with van der Waals surface area (Å²) in [4.78, 5) is 0. The fourth-order valence-corrected chi connectivity index (χ4v) is 4.90. The minimum atomic E-state index is -0.671. The molecule has 0 aliphatic heterocycles. The van der Waals surface area contributed by atoms with Crippen LogP contribution in [0.25, 0.3) is 0 Å². The molecule has 2 rings (SSSR count). The average Bonchev–Trinajstić information content (AvgIpc) is 2.72. The first-order chi connectivity index (χ1) is 13.7. The third-order valence-corrected chi connectivity index (χ3v) is 6.84. The Morgan fingerprint density at radius 1 is 0.786 bits per heavy atom. The molecule has 1 aromatic carbocycles. The topological polar surface area (TPSA) is 0 Å². The van der Waals surface area contributed by atoms with E-state index in [1.165, 1.54) is 94.6 Å². The number of hydrogen-bond acceptors (Lipinski definition) is 0. The molecule has 0 nitrogen and oxygen atoms in total. The van der Waals surface area contributed by atoms with Gasteiger partial charge in [-0.3, -0.25) is 0 Å². The lowest BCUT2D eigenvalue weighted by atomic mass is 9.77. The number of halogens is 1. The van der Waals surface area contributed by atoms with E-state index < -0.39 is 6.17 Å². The Morgan fingerprint density at radius 2 is 1.39 bits per heavy atom. The summed E-state index contributed by atoms with van der Waals surface area (Å²) in [6, 6.07) is 8.95. The van der Waals surface area contributed by atoms with Gasteiger partial charge in [0.1, 0.15) is 6.17 Å². The van der Waals surface area contributed by atoms with Gasteiger partial charge in [-0.05, 0) is 55.1 Å². The van der Waals surface area contributed by atoms with Crippen molar-refractivity contribution < 1.29 is 4.39 Å². The molecule has 160 valence electrons. The molecule has 1 unspecified atom stereocenters. The van der Waals surface area contributed by atoms with Gasteiger partial charge in [0.25, 0.3) is 0 Å². The molecule has 0 aromatic heterocycles. The van der Waals surface area contributed by atoms with Gasteiger partial charge in [0, 0.05) is 6.42 Å². The molecule has 1 aliphatic carbocycles. The van der Waals surface area contributed by atoms with Gasteiger partial charge in [-0.1, -0.05) is 102 Å². The zero-order chi connectivity index (χ0) is 20.0. The number of hydrogen-bond donors (Lipinski definition) is 0. The van der Waals surface area contributed by atoms with Crippen LogP contribution >= 0.6 is 0 Å². The van der Waals surface area contributed by atoms with Crippen molar-refractivity contribution in [1.82, 2.24) is 0 Å². The maximum absolute atomic E-state index is 14.2. The Labute approximate surface area is 174 Å². The van der Waals surface area contributed by atoms with Crippen molar-refractivity contribution in [3.8, 4) is 0 Å². The molecule has 1 aliphatic rings. The van der Waals surface area contributed by atoms with E-state index in [0.29, 0.717) is 6.42 Å². The second kappa shape index (κ2) is 14.2. The van der Waals surface area contributed by atoms with Crippen molar-refractivity contribution >= 4 is 0 Å². The van der Waals surface area contributed by atoms with E-state index in [1.807, 2.05) is 0 Å². The lowest BCUT2D eigenvalue weighted by Gasteiger charge is -2.29. The summed E-state index contributed by atoms with van der Waals surface area (Å²) in [5.41, 5.74) is 2.66. The molecule has 0 N–H and O–H groups in total. The van der Waals surface area contributed by atoms with Gasteiger partial charge in [0.15, 0.2) is 0 Å². The second-order valence-electron chi connectivity index (χ2n) is 9.31. The van der Waals surface area contributed by atoms with Crippen molar-refractivity contribution in [2.24, 2.45) is 5.92 Å². The van der Waals surface area contributed by atoms with E-state index in [1.54, 1.807) is 0 Å². The predicted octanol–water partition coefficient (Wildman–Crippen LogP) is 9.17. The van der Waals surface area contributed by atoms with Crippen LogP contribution in [0.2, 0.25) is 0 Å². The quantitative estimate of drug-likeness (QED) is 0.279. The highest BCUT2D eigenvalue weighted by molar-refractivity contribution is 5.26. The van der Waals surface area contributed by atoms with Crippen LogP contribution in [-0.2, 0) is 6.42 Å². The lowest BCUT2D eigenvalue weighted by Crippen LogP contribution is -2.13. The van der Waals surface area contributed by atoms with Crippen molar-refractivity contribution in [2.45, 2.75) is 129 Å². The van der Waals surface area contributed by atoms with E-state index in [-0.39, 0.29) is 0 Å². The molecule has 1 saturated carbocycles. The fraction of sp³-hybridized carbons (Fsp3) is 0.778. The van der Waals surface area contributed by atoms with Crippen LogP contribution in [0.3, 0.4) is 0 Å². The number of rotatable bonds is 14. The summed E-state index contributed by atoms with van der Waals surface area (Å²) in [6.07, 6.45) is 19.3. The summed E-state index contributed by atoms with van der Waals surface area (Å²) in [6.45, 7) is 4.49. The highest BCUT2D eigenvalue weighted by Crippen LogP contribution is 2.37. The van der Waals surface area contributed by atoms with Crippen LogP contribution in [-0.4, -0.2) is 6.17 Å². The van der Waals surface area contributed by atoms with Gasteiger partial charge in [0.2, 0.25) is 0 Å². The normalized spacial score (nSPS) is 21.0.